The molecule has 0 saturated heterocycles. The number of hydrogen-bond acceptors (Lipinski definition) is 7. The molecule has 0 heterocycles. The lowest BCUT2D eigenvalue weighted by Gasteiger charge is -2.14. The van der Waals surface area contributed by atoms with E-state index >= 15 is 0 Å². The number of amides is 2. The molecule has 36 heavy (non-hydrogen) atoms. The van der Waals surface area contributed by atoms with Crippen molar-refractivity contribution in [2.24, 2.45) is 0 Å². The Morgan fingerprint density at radius 2 is 1.47 bits per heavy atom. The number of carbonyl (C=O) groups excluding carboxylic acids is 2. The lowest BCUT2D eigenvalue weighted by atomic mass is 10.1. The third-order valence-electron chi connectivity index (χ3n) is 4.75. The van der Waals surface area contributed by atoms with Gasteiger partial charge in [-0.2, -0.15) is 0 Å². The number of rotatable bonds is 13. The molecule has 0 bridgehead atoms. The molecule has 0 radical (unpaired) electrons. The standard InChI is InChI=1S/C27H30N2O7/c1-3-33-25-18-20(12-13-24(25)35-17-16-34-23-10-5-4-6-11-23)26(30)28-21-8-7-9-22(19-21)29-27(31)36-15-14-32-2/h4-13,18-19H,3,14-17H2,1-2H3,(H,28,30)(H,29,31). The van der Waals surface area contributed by atoms with Crippen molar-refractivity contribution < 1.29 is 33.3 Å². The molecule has 3 aromatic rings. The summed E-state index contributed by atoms with van der Waals surface area (Å²) in [6.45, 7) is 3.39. The van der Waals surface area contributed by atoms with Crippen LogP contribution in [0.15, 0.2) is 72.8 Å². The van der Waals surface area contributed by atoms with E-state index < -0.39 is 6.09 Å². The second kappa shape index (κ2) is 14.2. The van der Waals surface area contributed by atoms with E-state index in [-0.39, 0.29) is 12.5 Å². The van der Waals surface area contributed by atoms with Gasteiger partial charge in [0, 0.05) is 24.0 Å². The monoisotopic (exact) mass is 494 g/mol. The Bertz CT molecular complexity index is 1120. The molecule has 0 saturated carbocycles. The summed E-state index contributed by atoms with van der Waals surface area (Å²) >= 11 is 0. The quantitative estimate of drug-likeness (QED) is 0.323. The molecule has 0 aliphatic rings. The van der Waals surface area contributed by atoms with Gasteiger partial charge in [0.15, 0.2) is 11.5 Å². The summed E-state index contributed by atoms with van der Waals surface area (Å²) in [5.41, 5.74) is 1.38. The Hall–Kier alpha value is -4.24. The van der Waals surface area contributed by atoms with E-state index in [2.05, 4.69) is 10.6 Å². The van der Waals surface area contributed by atoms with Crippen LogP contribution in [0.25, 0.3) is 0 Å². The van der Waals surface area contributed by atoms with E-state index in [4.69, 9.17) is 23.7 Å². The predicted molar refractivity (Wildman–Crippen MR) is 136 cm³/mol. The van der Waals surface area contributed by atoms with Gasteiger partial charge in [0.2, 0.25) is 0 Å². The lowest BCUT2D eigenvalue weighted by molar-refractivity contribution is 0.102. The Morgan fingerprint density at radius 1 is 0.722 bits per heavy atom. The van der Waals surface area contributed by atoms with Crippen LogP contribution in [0.4, 0.5) is 16.2 Å². The van der Waals surface area contributed by atoms with Crippen LogP contribution in [-0.2, 0) is 9.47 Å². The Labute approximate surface area is 210 Å². The van der Waals surface area contributed by atoms with Gasteiger partial charge < -0.3 is 29.0 Å². The van der Waals surface area contributed by atoms with E-state index in [1.54, 1.807) is 42.5 Å². The number of para-hydroxylation sites is 1. The van der Waals surface area contributed by atoms with Gasteiger partial charge in [-0.15, -0.1) is 0 Å². The molecule has 3 rings (SSSR count). The first-order chi connectivity index (χ1) is 17.6. The Kier molecular flexibility index (Phi) is 10.4. The highest BCUT2D eigenvalue weighted by molar-refractivity contribution is 6.05. The van der Waals surface area contributed by atoms with E-state index in [1.165, 1.54) is 7.11 Å². The smallest absolute Gasteiger partial charge is 0.411 e. The maximum atomic E-state index is 12.9. The number of benzene rings is 3. The van der Waals surface area contributed by atoms with Gasteiger partial charge in [-0.1, -0.05) is 24.3 Å². The minimum absolute atomic E-state index is 0.140. The van der Waals surface area contributed by atoms with Crippen LogP contribution in [0.2, 0.25) is 0 Å². The summed E-state index contributed by atoms with van der Waals surface area (Å²) in [6, 6.07) is 21.2. The Morgan fingerprint density at radius 3 is 2.22 bits per heavy atom. The maximum absolute atomic E-state index is 12.9. The zero-order chi connectivity index (χ0) is 25.6. The third kappa shape index (κ3) is 8.52. The van der Waals surface area contributed by atoms with Gasteiger partial charge in [-0.25, -0.2) is 4.79 Å². The van der Waals surface area contributed by atoms with E-state index in [1.807, 2.05) is 37.3 Å². The highest BCUT2D eigenvalue weighted by Gasteiger charge is 2.13. The second-order valence-electron chi connectivity index (χ2n) is 7.39. The first-order valence-electron chi connectivity index (χ1n) is 11.5. The number of hydrogen-bond donors (Lipinski definition) is 2. The number of nitrogens with one attached hydrogen (secondary N) is 2. The minimum Gasteiger partial charge on any atom is -0.490 e. The molecule has 0 aliphatic carbocycles. The predicted octanol–water partition coefficient (Wildman–Crippen LogP) is 4.99. The summed E-state index contributed by atoms with van der Waals surface area (Å²) in [4.78, 5) is 24.7. The van der Waals surface area contributed by atoms with Crippen LogP contribution in [0.5, 0.6) is 17.2 Å². The van der Waals surface area contributed by atoms with Gasteiger partial charge in [-0.3, -0.25) is 10.1 Å². The fourth-order valence-corrected chi connectivity index (χ4v) is 3.11. The fourth-order valence-electron chi connectivity index (χ4n) is 3.11. The molecule has 0 aromatic heterocycles. The first kappa shape index (κ1) is 26.4. The zero-order valence-corrected chi connectivity index (χ0v) is 20.3. The van der Waals surface area contributed by atoms with Crippen molar-refractivity contribution >= 4 is 23.4 Å². The zero-order valence-electron chi connectivity index (χ0n) is 20.3. The molecule has 0 spiro atoms. The van der Waals surface area contributed by atoms with Crippen molar-refractivity contribution in [1.82, 2.24) is 0 Å². The highest BCUT2D eigenvalue weighted by atomic mass is 16.6. The molecule has 3 aromatic carbocycles. The van der Waals surface area contributed by atoms with E-state index in [0.717, 1.165) is 5.75 Å². The number of methoxy groups -OCH3 is 1. The van der Waals surface area contributed by atoms with Gasteiger partial charge >= 0.3 is 6.09 Å². The SMILES string of the molecule is CCOc1cc(C(=O)Nc2cccc(NC(=O)OCCOC)c2)ccc1OCCOc1ccccc1. The summed E-state index contributed by atoms with van der Waals surface area (Å²) < 4.78 is 27.0. The number of ether oxygens (including phenoxy) is 5. The molecule has 0 atom stereocenters. The summed E-state index contributed by atoms with van der Waals surface area (Å²) in [7, 11) is 1.52. The summed E-state index contributed by atoms with van der Waals surface area (Å²) in [6.07, 6.45) is -0.610. The maximum Gasteiger partial charge on any atom is 0.411 e. The topological polar surface area (TPSA) is 104 Å². The van der Waals surface area contributed by atoms with Gasteiger partial charge in [0.1, 0.15) is 25.6 Å². The van der Waals surface area contributed by atoms with Gasteiger partial charge in [0.05, 0.1) is 13.2 Å². The minimum atomic E-state index is -0.610. The van der Waals surface area contributed by atoms with Crippen LogP contribution in [-0.4, -0.2) is 52.1 Å². The van der Waals surface area contributed by atoms with Crippen LogP contribution in [0, 0.1) is 0 Å². The summed E-state index contributed by atoms with van der Waals surface area (Å²) in [5.74, 6) is 1.40. The van der Waals surface area contributed by atoms with E-state index in [9.17, 15) is 9.59 Å². The molecule has 0 fully saturated rings. The first-order valence-corrected chi connectivity index (χ1v) is 11.5. The van der Waals surface area contributed by atoms with E-state index in [0.29, 0.717) is 54.9 Å². The summed E-state index contributed by atoms with van der Waals surface area (Å²) in [5, 5.41) is 5.42. The average molecular weight is 495 g/mol. The van der Waals surface area contributed by atoms with Crippen molar-refractivity contribution in [1.29, 1.82) is 0 Å². The molecule has 0 unspecified atom stereocenters. The highest BCUT2D eigenvalue weighted by Crippen LogP contribution is 2.29. The molecule has 2 N–H and O–H groups in total. The molecule has 190 valence electrons. The largest absolute Gasteiger partial charge is 0.490 e. The Balaban J connectivity index is 1.58. The van der Waals surface area contributed by atoms with Crippen LogP contribution in [0.1, 0.15) is 17.3 Å². The average Bonchev–Trinajstić information content (AvgIpc) is 2.88. The molecule has 9 heteroatoms. The van der Waals surface area contributed by atoms with Gasteiger partial charge in [-0.05, 0) is 55.5 Å². The molecule has 0 aliphatic heterocycles. The normalized spacial score (nSPS) is 10.3. The number of carbonyl (C=O) groups is 2. The van der Waals surface area contributed by atoms with Crippen LogP contribution >= 0.6 is 0 Å². The second-order valence-corrected chi connectivity index (χ2v) is 7.39. The molecular weight excluding hydrogens is 464 g/mol. The van der Waals surface area contributed by atoms with Crippen molar-refractivity contribution in [2.75, 3.05) is 50.8 Å². The number of anilines is 2. The molecule has 9 nitrogen and oxygen atoms in total. The van der Waals surface area contributed by atoms with Crippen molar-refractivity contribution in [3.63, 3.8) is 0 Å². The third-order valence-corrected chi connectivity index (χ3v) is 4.75. The lowest BCUT2D eigenvalue weighted by Crippen LogP contribution is -2.17. The van der Waals surface area contributed by atoms with Crippen molar-refractivity contribution in [3.05, 3.63) is 78.4 Å². The van der Waals surface area contributed by atoms with Crippen molar-refractivity contribution in [3.8, 4) is 17.2 Å². The molecule has 2 amide bonds. The molecular formula is C27H30N2O7. The fraction of sp³-hybridized carbons (Fsp3) is 0.259. The van der Waals surface area contributed by atoms with Crippen LogP contribution in [0.3, 0.4) is 0 Å². The van der Waals surface area contributed by atoms with Crippen LogP contribution < -0.4 is 24.8 Å². The van der Waals surface area contributed by atoms with Gasteiger partial charge in [0.25, 0.3) is 5.91 Å². The van der Waals surface area contributed by atoms with Crippen molar-refractivity contribution in [2.45, 2.75) is 6.92 Å².